The van der Waals surface area contributed by atoms with Gasteiger partial charge in [0.15, 0.2) is 0 Å². The average Bonchev–Trinajstić information content (AvgIpc) is 2.11. The van der Waals surface area contributed by atoms with Crippen LogP contribution in [0, 0.1) is 37.1 Å². The minimum absolute atomic E-state index is 0. The third-order valence-electron chi connectivity index (χ3n) is 0.556. The van der Waals surface area contributed by atoms with Crippen LogP contribution in [0.25, 0.3) is 0 Å². The van der Waals surface area contributed by atoms with Gasteiger partial charge < -0.3 is 42.2 Å². The Balaban J connectivity index is -0.0000000124. The Labute approximate surface area is 110 Å². The van der Waals surface area contributed by atoms with E-state index in [0.717, 1.165) is 6.92 Å². The normalized spacial score (nSPS) is 4.33. The molecule has 0 amide bonds. The molecule has 1 rings (SSSR count). The molecule has 0 saturated heterocycles. The van der Waals surface area contributed by atoms with E-state index in [4.69, 9.17) is 9.90 Å². The van der Waals surface area contributed by atoms with Crippen molar-refractivity contribution in [3.05, 3.63) is 67.5 Å². The fourth-order valence-electron chi connectivity index (χ4n) is 0.321. The van der Waals surface area contributed by atoms with E-state index in [1.54, 1.807) is 0 Å². The second kappa shape index (κ2) is 37.6. The number of hydrogen-bond donors (Lipinski definition) is 1. The van der Waals surface area contributed by atoms with Crippen LogP contribution < -0.4 is 0 Å². The molecule has 99 valence electrons. The summed E-state index contributed by atoms with van der Waals surface area (Å²) in [5.41, 5.74) is 0. The summed E-state index contributed by atoms with van der Waals surface area (Å²) in [5, 5.41) is 7.42. The van der Waals surface area contributed by atoms with Gasteiger partial charge in [0.05, 0.1) is 0 Å². The van der Waals surface area contributed by atoms with E-state index in [9.17, 15) is 0 Å². The van der Waals surface area contributed by atoms with Gasteiger partial charge in [0, 0.05) is 26.4 Å². The van der Waals surface area contributed by atoms with E-state index in [2.05, 4.69) is 0 Å². The molecule has 0 aliphatic heterocycles. The molecule has 1 aromatic rings. The largest absolute Gasteiger partial charge is 0.481 e. The van der Waals surface area contributed by atoms with Crippen molar-refractivity contribution in [2.24, 2.45) is 0 Å². The topological polar surface area (TPSA) is 37.3 Å². The van der Waals surface area contributed by atoms with Crippen LogP contribution in [0.1, 0.15) is 6.92 Å². The Kier molecular flexibility index (Phi) is 118. The molecule has 1 aromatic carbocycles. The Hall–Kier alpha value is -0.557. The molecular formula is C12H24O2Rh-6. The van der Waals surface area contributed by atoms with E-state index in [1.807, 2.05) is 30.3 Å². The molecule has 2 nitrogen and oxygen atoms in total. The van der Waals surface area contributed by atoms with E-state index in [-0.39, 0.29) is 56.6 Å². The first-order chi connectivity index (χ1) is 4.23. The van der Waals surface area contributed by atoms with E-state index < -0.39 is 5.97 Å². The summed E-state index contributed by atoms with van der Waals surface area (Å²) in [7, 11) is 0. The number of carboxylic acids is 1. The van der Waals surface area contributed by atoms with Crippen LogP contribution in [-0.2, 0) is 24.3 Å². The molecule has 3 heteroatoms. The fraction of sp³-hybridized carbons (Fsp3) is 0.0833. The zero-order chi connectivity index (χ0) is 7.11. The van der Waals surface area contributed by atoms with Gasteiger partial charge in [0.25, 0.3) is 5.97 Å². The summed E-state index contributed by atoms with van der Waals surface area (Å²) >= 11 is 0. The molecule has 0 unspecified atom stereocenters. The van der Waals surface area contributed by atoms with Gasteiger partial charge in [-0.2, -0.15) is 18.2 Å². The third kappa shape index (κ3) is 89.2. The molecular weight excluding hydrogens is 279 g/mol. The molecule has 15 heavy (non-hydrogen) atoms. The average molecular weight is 303 g/mol. The molecule has 0 aliphatic rings. The Morgan fingerprint density at radius 1 is 1.00 bits per heavy atom. The summed E-state index contributed by atoms with van der Waals surface area (Å²) in [4.78, 5) is 9.00. The minimum atomic E-state index is -0.833. The van der Waals surface area contributed by atoms with Crippen LogP contribution in [0.5, 0.6) is 0 Å². The predicted molar refractivity (Wildman–Crippen MR) is 67.4 cm³/mol. The van der Waals surface area contributed by atoms with Crippen molar-refractivity contribution in [3.8, 4) is 0 Å². The number of aliphatic carboxylic acids is 1. The number of carboxylic acid groups (broad SMARTS) is 1. The molecule has 0 aromatic heterocycles. The SMILES string of the molecule is CC(=O)O.[CH3-].[CH3-].[CH3-].[CH3-].[CH3-].[Rh].c1cc[cH-]c1. The quantitative estimate of drug-likeness (QED) is 0.585. The molecule has 0 aliphatic carbocycles. The number of hydrogen-bond acceptors (Lipinski definition) is 1. The van der Waals surface area contributed by atoms with Gasteiger partial charge in [0.1, 0.15) is 0 Å². The van der Waals surface area contributed by atoms with Gasteiger partial charge in [-0.3, -0.25) is 4.79 Å². The molecule has 0 spiro atoms. The maximum atomic E-state index is 9.00. The van der Waals surface area contributed by atoms with Crippen molar-refractivity contribution in [2.75, 3.05) is 0 Å². The van der Waals surface area contributed by atoms with E-state index in [1.165, 1.54) is 0 Å². The zero-order valence-corrected chi connectivity index (χ0v) is 12.2. The Morgan fingerprint density at radius 2 is 1.20 bits per heavy atom. The van der Waals surface area contributed by atoms with Crippen molar-refractivity contribution in [1.82, 2.24) is 0 Å². The van der Waals surface area contributed by atoms with Gasteiger partial charge >= 0.3 is 0 Å². The summed E-state index contributed by atoms with van der Waals surface area (Å²) in [6.45, 7) is 1.08. The molecule has 0 bridgehead atoms. The Morgan fingerprint density at radius 3 is 1.27 bits per heavy atom. The number of rotatable bonds is 0. The summed E-state index contributed by atoms with van der Waals surface area (Å²) in [6.07, 6.45) is 0. The van der Waals surface area contributed by atoms with E-state index >= 15 is 0 Å². The van der Waals surface area contributed by atoms with Crippen molar-refractivity contribution in [2.45, 2.75) is 6.92 Å². The first-order valence-corrected chi connectivity index (χ1v) is 2.59. The summed E-state index contributed by atoms with van der Waals surface area (Å²) in [6, 6.07) is 10.0. The predicted octanol–water partition coefficient (Wildman–Crippen LogP) is 3.75. The van der Waals surface area contributed by atoms with Gasteiger partial charge in [-0.1, -0.05) is 0 Å². The minimum Gasteiger partial charge on any atom is -0.481 e. The van der Waals surface area contributed by atoms with Crippen LogP contribution in [0.2, 0.25) is 0 Å². The molecule has 0 fully saturated rings. The molecule has 1 N–H and O–H groups in total. The van der Waals surface area contributed by atoms with Crippen molar-refractivity contribution in [3.63, 3.8) is 0 Å². The third-order valence-corrected chi connectivity index (χ3v) is 0.556. The smallest absolute Gasteiger partial charge is 0.300 e. The maximum absolute atomic E-state index is 9.00. The Bertz CT molecular complexity index is 127. The first-order valence-electron chi connectivity index (χ1n) is 2.59. The fourth-order valence-corrected chi connectivity index (χ4v) is 0.321. The molecule has 0 saturated carbocycles. The standard InChI is InChI=1S/C5H5.C2H4O2.5CH3.Rh/c1-2-4-5-3-1;1-2(3)4;;;;;;/h1-5H;1H3,(H,3,4);5*1H3;/q-1;;5*-1;. The molecule has 0 atom stereocenters. The van der Waals surface area contributed by atoms with Crippen molar-refractivity contribution in [1.29, 1.82) is 0 Å². The van der Waals surface area contributed by atoms with Crippen LogP contribution >= 0.6 is 0 Å². The van der Waals surface area contributed by atoms with Gasteiger partial charge in [-0.15, -0.1) is 0 Å². The van der Waals surface area contributed by atoms with Crippen molar-refractivity contribution < 1.29 is 29.4 Å². The van der Waals surface area contributed by atoms with Gasteiger partial charge in [-0.25, -0.2) is 12.1 Å². The van der Waals surface area contributed by atoms with Crippen LogP contribution in [-0.4, -0.2) is 11.1 Å². The van der Waals surface area contributed by atoms with Gasteiger partial charge in [0.2, 0.25) is 0 Å². The van der Waals surface area contributed by atoms with Crippen LogP contribution in [0.3, 0.4) is 0 Å². The monoisotopic (exact) mass is 303 g/mol. The van der Waals surface area contributed by atoms with Gasteiger partial charge in [-0.05, 0) is 0 Å². The van der Waals surface area contributed by atoms with E-state index in [0.29, 0.717) is 0 Å². The van der Waals surface area contributed by atoms with Crippen LogP contribution in [0.4, 0.5) is 0 Å². The second-order valence-corrected chi connectivity index (χ2v) is 1.48. The van der Waals surface area contributed by atoms with Crippen LogP contribution in [0.15, 0.2) is 30.3 Å². The first kappa shape index (κ1) is 47.1. The summed E-state index contributed by atoms with van der Waals surface area (Å²) < 4.78 is 0. The number of carbonyl (C=O) groups is 1. The second-order valence-electron chi connectivity index (χ2n) is 1.48. The molecule has 1 radical (unpaired) electrons. The molecule has 0 heterocycles. The van der Waals surface area contributed by atoms with Crippen molar-refractivity contribution >= 4 is 5.97 Å². The maximum Gasteiger partial charge on any atom is 0.300 e. The summed E-state index contributed by atoms with van der Waals surface area (Å²) in [5.74, 6) is -0.833. The zero-order valence-electron chi connectivity index (χ0n) is 10.6.